The Morgan fingerprint density at radius 2 is 1.67 bits per heavy atom. The van der Waals surface area contributed by atoms with E-state index < -0.39 is 0 Å². The van der Waals surface area contributed by atoms with Crippen molar-refractivity contribution >= 4 is 5.78 Å². The van der Waals surface area contributed by atoms with Crippen molar-refractivity contribution in [2.24, 2.45) is 0 Å². The fraction of sp³-hybridized carbons (Fsp3) is 0.591. The Morgan fingerprint density at radius 1 is 1.12 bits per heavy atom. The van der Waals surface area contributed by atoms with Crippen molar-refractivity contribution < 1.29 is 9.53 Å². The molecule has 0 N–H and O–H groups in total. The number of ether oxygens (including phenoxy) is 1. The molecule has 1 rings (SSSR count). The minimum absolute atomic E-state index is 0.174. The predicted molar refractivity (Wildman–Crippen MR) is 105 cm³/mol. The lowest BCUT2D eigenvalue weighted by molar-refractivity contribution is -0.113. The second kappa shape index (κ2) is 10.3. The van der Waals surface area contributed by atoms with Crippen LogP contribution in [0.4, 0.5) is 0 Å². The minimum Gasteiger partial charge on any atom is -0.491 e. The Balaban J connectivity index is 0.000000441. The van der Waals surface area contributed by atoms with Crippen LogP contribution >= 0.6 is 0 Å². The maximum Gasteiger partial charge on any atom is 0.155 e. The Hall–Kier alpha value is -1.57. The molecule has 1 aliphatic heterocycles. The maximum absolute atomic E-state index is 11.1. The van der Waals surface area contributed by atoms with Crippen LogP contribution in [0.2, 0.25) is 0 Å². The smallest absolute Gasteiger partial charge is 0.155 e. The predicted octanol–water partition coefficient (Wildman–Crippen LogP) is 6.69. The third-order valence-electron chi connectivity index (χ3n) is 5.02. The lowest BCUT2D eigenvalue weighted by atomic mass is 9.94. The number of Topliss-reactive ketones (excluding diaryl/α,β-unsaturated/α-hetero) is 1. The first-order chi connectivity index (χ1) is 11.1. The zero-order valence-corrected chi connectivity index (χ0v) is 17.4. The highest BCUT2D eigenvalue weighted by Gasteiger charge is 2.18. The average Bonchev–Trinajstić information content (AvgIpc) is 2.54. The van der Waals surface area contributed by atoms with Gasteiger partial charge in [-0.05, 0) is 96.1 Å². The summed E-state index contributed by atoms with van der Waals surface area (Å²) in [6, 6.07) is 0. The maximum atomic E-state index is 11.1. The second-order valence-corrected chi connectivity index (χ2v) is 6.44. The quantitative estimate of drug-likeness (QED) is 0.423. The molecule has 0 aliphatic carbocycles. The molecule has 1 aliphatic rings. The highest BCUT2D eigenvalue weighted by molar-refractivity contribution is 5.94. The van der Waals surface area contributed by atoms with Crippen molar-refractivity contribution in [3.8, 4) is 0 Å². The summed E-state index contributed by atoms with van der Waals surface area (Å²) in [5.41, 5.74) is 7.49. The molecule has 2 heteroatoms. The van der Waals surface area contributed by atoms with Gasteiger partial charge >= 0.3 is 0 Å². The standard InChI is InChI=1S/2C11H18O/c1-6-11-7(2)9(4)12-10(5)8(11)3;1-6-8(3)11(7-2)9(4)10(5)12/h9H,6H2,1-5H3;6H,7H2,1-5H3/b;8-6+,11-9?. The zero-order valence-electron chi connectivity index (χ0n) is 17.4. The molecule has 24 heavy (non-hydrogen) atoms. The van der Waals surface area contributed by atoms with Crippen molar-refractivity contribution in [2.75, 3.05) is 0 Å². The molecule has 0 aromatic carbocycles. The van der Waals surface area contributed by atoms with Crippen LogP contribution in [0.3, 0.4) is 0 Å². The number of ketones is 1. The van der Waals surface area contributed by atoms with Crippen LogP contribution in [0, 0.1) is 0 Å². The lowest BCUT2D eigenvalue weighted by Crippen LogP contribution is -2.16. The zero-order chi connectivity index (χ0) is 19.0. The number of hydrogen-bond donors (Lipinski definition) is 0. The van der Waals surface area contributed by atoms with Gasteiger partial charge in [0.15, 0.2) is 5.78 Å². The first-order valence-corrected chi connectivity index (χ1v) is 9.00. The summed E-state index contributed by atoms with van der Waals surface area (Å²) in [7, 11) is 0. The van der Waals surface area contributed by atoms with E-state index in [2.05, 4.69) is 34.6 Å². The molecule has 1 heterocycles. The third-order valence-corrected chi connectivity index (χ3v) is 5.02. The minimum atomic E-state index is 0.174. The highest BCUT2D eigenvalue weighted by Crippen LogP contribution is 2.30. The van der Waals surface area contributed by atoms with Crippen molar-refractivity contribution in [1.29, 1.82) is 0 Å². The van der Waals surface area contributed by atoms with E-state index in [-0.39, 0.29) is 11.9 Å². The molecule has 0 radical (unpaired) electrons. The molecule has 0 aromatic rings. The molecule has 0 saturated heterocycles. The summed E-state index contributed by atoms with van der Waals surface area (Å²) >= 11 is 0. The number of carbonyl (C=O) groups excluding carboxylic acids is 1. The van der Waals surface area contributed by atoms with Crippen LogP contribution < -0.4 is 0 Å². The number of carbonyl (C=O) groups is 1. The van der Waals surface area contributed by atoms with E-state index in [0.717, 1.165) is 24.2 Å². The molecule has 2 nitrogen and oxygen atoms in total. The van der Waals surface area contributed by atoms with Crippen LogP contribution in [0.1, 0.15) is 82.1 Å². The third kappa shape index (κ3) is 5.81. The van der Waals surface area contributed by atoms with Crippen LogP contribution in [0.25, 0.3) is 0 Å². The molecule has 136 valence electrons. The van der Waals surface area contributed by atoms with Crippen LogP contribution in [-0.2, 0) is 9.53 Å². The van der Waals surface area contributed by atoms with Gasteiger partial charge in [0.25, 0.3) is 0 Å². The van der Waals surface area contributed by atoms with Gasteiger partial charge in [0, 0.05) is 0 Å². The highest BCUT2D eigenvalue weighted by atomic mass is 16.5. The Morgan fingerprint density at radius 3 is 2.04 bits per heavy atom. The Labute approximate surface area is 149 Å². The Kier molecular flexibility index (Phi) is 9.65. The molecular weight excluding hydrogens is 296 g/mol. The summed E-state index contributed by atoms with van der Waals surface area (Å²) in [6.45, 7) is 20.3. The molecular formula is C22H36O2. The molecule has 1 unspecified atom stereocenters. The summed E-state index contributed by atoms with van der Waals surface area (Å²) in [5.74, 6) is 1.26. The van der Waals surface area contributed by atoms with E-state index in [4.69, 9.17) is 4.74 Å². The largest absolute Gasteiger partial charge is 0.491 e. The molecule has 0 amide bonds. The van der Waals surface area contributed by atoms with Gasteiger partial charge in [-0.1, -0.05) is 25.5 Å². The molecule has 1 atom stereocenters. The van der Waals surface area contributed by atoms with Gasteiger partial charge in [0.1, 0.15) is 6.10 Å². The van der Waals surface area contributed by atoms with Gasteiger partial charge in [-0.3, -0.25) is 4.79 Å². The normalized spacial score (nSPS) is 19.4. The fourth-order valence-electron chi connectivity index (χ4n) is 2.97. The van der Waals surface area contributed by atoms with Crippen molar-refractivity contribution in [1.82, 2.24) is 0 Å². The van der Waals surface area contributed by atoms with E-state index in [0.29, 0.717) is 0 Å². The summed E-state index contributed by atoms with van der Waals surface area (Å²) < 4.78 is 5.66. The van der Waals surface area contributed by atoms with Gasteiger partial charge in [-0.2, -0.15) is 0 Å². The lowest BCUT2D eigenvalue weighted by Gasteiger charge is -2.26. The van der Waals surface area contributed by atoms with Gasteiger partial charge in [0.05, 0.1) is 5.76 Å². The monoisotopic (exact) mass is 332 g/mol. The molecule has 0 spiro atoms. The van der Waals surface area contributed by atoms with Gasteiger partial charge < -0.3 is 4.74 Å². The SMILES string of the molecule is C/C=C(\C)C(CC)=C(C)C(C)=O.CCC1=C(C)C(C)OC(C)=C1C. The van der Waals surface area contributed by atoms with Gasteiger partial charge in [0.2, 0.25) is 0 Å². The van der Waals surface area contributed by atoms with E-state index in [1.165, 1.54) is 27.9 Å². The van der Waals surface area contributed by atoms with E-state index >= 15 is 0 Å². The summed E-state index contributed by atoms with van der Waals surface area (Å²) in [5, 5.41) is 0. The number of hydrogen-bond acceptors (Lipinski definition) is 2. The molecule has 0 aromatic heterocycles. The topological polar surface area (TPSA) is 26.3 Å². The molecule has 0 fully saturated rings. The number of allylic oxidation sites excluding steroid dienone is 7. The van der Waals surface area contributed by atoms with Crippen LogP contribution in [0.5, 0.6) is 0 Å². The van der Waals surface area contributed by atoms with Crippen molar-refractivity contribution in [3.05, 3.63) is 45.3 Å². The summed E-state index contributed by atoms with van der Waals surface area (Å²) in [4.78, 5) is 11.1. The average molecular weight is 333 g/mol. The molecule has 0 saturated carbocycles. The van der Waals surface area contributed by atoms with E-state index in [1.54, 1.807) is 6.92 Å². The second-order valence-electron chi connectivity index (χ2n) is 6.44. The van der Waals surface area contributed by atoms with Crippen molar-refractivity contribution in [2.45, 2.75) is 88.2 Å². The molecule has 0 bridgehead atoms. The number of rotatable bonds is 4. The van der Waals surface area contributed by atoms with Crippen LogP contribution in [0.15, 0.2) is 45.3 Å². The first kappa shape index (κ1) is 22.4. The first-order valence-electron chi connectivity index (χ1n) is 9.00. The van der Waals surface area contributed by atoms with Gasteiger partial charge in [-0.15, -0.1) is 0 Å². The van der Waals surface area contributed by atoms with Crippen LogP contribution in [-0.4, -0.2) is 11.9 Å². The summed E-state index contributed by atoms with van der Waals surface area (Å²) in [6.07, 6.45) is 4.36. The van der Waals surface area contributed by atoms with E-state index in [1.807, 2.05) is 33.8 Å². The Bertz CT molecular complexity index is 583. The van der Waals surface area contributed by atoms with Gasteiger partial charge in [-0.25, -0.2) is 0 Å². The van der Waals surface area contributed by atoms with Crippen molar-refractivity contribution in [3.63, 3.8) is 0 Å². The van der Waals surface area contributed by atoms with E-state index in [9.17, 15) is 4.79 Å². The fourth-order valence-corrected chi connectivity index (χ4v) is 2.97.